The van der Waals surface area contributed by atoms with Gasteiger partial charge >= 0.3 is 0 Å². The first-order chi connectivity index (χ1) is 16.4. The van der Waals surface area contributed by atoms with Crippen molar-refractivity contribution >= 4 is 11.8 Å². The molecule has 7 heteroatoms. The standard InChI is InChI=1S/C27H39N3O4/c1-20(2)33-18-10-16-30-25(31)23-15-14-22(24-13-9-17-34-24)29(23)19-27(30,3)26(32)28-21-11-7-5-4-6-8-12-21/h9,13-15,17,20-21H,4-8,10-12,16,18-19H2,1-3H3,(H,28,32). The summed E-state index contributed by atoms with van der Waals surface area (Å²) in [5.74, 6) is 0.505. The average Bonchev–Trinajstić information content (AvgIpc) is 3.44. The van der Waals surface area contributed by atoms with Crippen LogP contribution in [0.2, 0.25) is 0 Å². The minimum absolute atomic E-state index is 0.0686. The first-order valence-electron chi connectivity index (χ1n) is 12.9. The minimum Gasteiger partial charge on any atom is -0.463 e. The van der Waals surface area contributed by atoms with Gasteiger partial charge in [-0.2, -0.15) is 0 Å². The Morgan fingerprint density at radius 2 is 1.85 bits per heavy atom. The lowest BCUT2D eigenvalue weighted by molar-refractivity contribution is -0.134. The third kappa shape index (κ3) is 5.24. The molecular formula is C27H39N3O4. The van der Waals surface area contributed by atoms with Crippen LogP contribution in [0.5, 0.6) is 0 Å². The molecule has 0 saturated heterocycles. The molecule has 0 spiro atoms. The average molecular weight is 470 g/mol. The summed E-state index contributed by atoms with van der Waals surface area (Å²) in [5.41, 5.74) is 0.415. The third-order valence-electron chi connectivity index (χ3n) is 7.19. The van der Waals surface area contributed by atoms with Crippen molar-refractivity contribution < 1.29 is 18.7 Å². The number of ether oxygens (including phenoxy) is 1. The molecular weight excluding hydrogens is 430 g/mol. The lowest BCUT2D eigenvalue weighted by Crippen LogP contribution is -2.65. The number of nitrogens with one attached hydrogen (secondary N) is 1. The molecule has 2 amide bonds. The van der Waals surface area contributed by atoms with E-state index in [0.717, 1.165) is 31.4 Å². The second-order valence-corrected chi connectivity index (χ2v) is 10.2. The van der Waals surface area contributed by atoms with E-state index < -0.39 is 5.54 Å². The normalized spacial score (nSPS) is 21.9. The van der Waals surface area contributed by atoms with E-state index >= 15 is 0 Å². The molecule has 7 nitrogen and oxygen atoms in total. The molecule has 3 heterocycles. The molecule has 2 aromatic rings. The van der Waals surface area contributed by atoms with Gasteiger partial charge in [0, 0.05) is 19.2 Å². The van der Waals surface area contributed by atoms with E-state index in [1.165, 1.54) is 19.3 Å². The highest BCUT2D eigenvalue weighted by Crippen LogP contribution is 2.34. The molecule has 1 N–H and O–H groups in total. The maximum absolute atomic E-state index is 13.8. The van der Waals surface area contributed by atoms with Gasteiger partial charge in [-0.1, -0.05) is 32.1 Å². The van der Waals surface area contributed by atoms with Gasteiger partial charge in [0.05, 0.1) is 24.6 Å². The lowest BCUT2D eigenvalue weighted by Gasteiger charge is -2.45. The zero-order chi connectivity index (χ0) is 24.1. The summed E-state index contributed by atoms with van der Waals surface area (Å²) in [4.78, 5) is 29.3. The number of hydrogen-bond acceptors (Lipinski definition) is 4. The van der Waals surface area contributed by atoms with E-state index in [2.05, 4.69) is 5.32 Å². The monoisotopic (exact) mass is 469 g/mol. The van der Waals surface area contributed by atoms with Crippen LogP contribution in [-0.4, -0.2) is 52.1 Å². The number of carbonyl (C=O) groups is 2. The predicted octanol–water partition coefficient (Wildman–Crippen LogP) is 5.01. The van der Waals surface area contributed by atoms with Gasteiger partial charge in [-0.05, 0) is 64.3 Å². The van der Waals surface area contributed by atoms with Gasteiger partial charge in [0.1, 0.15) is 17.0 Å². The summed E-state index contributed by atoms with van der Waals surface area (Å²) in [5, 5.41) is 3.33. The second kappa shape index (κ2) is 10.8. The van der Waals surface area contributed by atoms with E-state index in [1.807, 2.05) is 49.6 Å². The first-order valence-corrected chi connectivity index (χ1v) is 12.9. The summed E-state index contributed by atoms with van der Waals surface area (Å²) < 4.78 is 13.3. The molecule has 2 aliphatic rings. The highest BCUT2D eigenvalue weighted by Gasteiger charge is 2.48. The van der Waals surface area contributed by atoms with Crippen LogP contribution in [0.1, 0.15) is 82.6 Å². The Kier molecular flexibility index (Phi) is 7.81. The Bertz CT molecular complexity index is 957. The summed E-state index contributed by atoms with van der Waals surface area (Å²) in [7, 11) is 0. The fourth-order valence-corrected chi connectivity index (χ4v) is 5.25. The molecule has 4 rings (SSSR count). The fraction of sp³-hybridized carbons (Fsp3) is 0.630. The topological polar surface area (TPSA) is 76.7 Å². The molecule has 34 heavy (non-hydrogen) atoms. The van der Waals surface area contributed by atoms with Crippen LogP contribution >= 0.6 is 0 Å². The van der Waals surface area contributed by atoms with Crippen LogP contribution in [0.15, 0.2) is 34.9 Å². The number of furan rings is 1. The van der Waals surface area contributed by atoms with Crippen molar-refractivity contribution in [2.45, 2.75) is 96.4 Å². The smallest absolute Gasteiger partial charge is 0.271 e. The van der Waals surface area contributed by atoms with E-state index in [0.29, 0.717) is 37.6 Å². The van der Waals surface area contributed by atoms with Crippen molar-refractivity contribution in [3.8, 4) is 11.5 Å². The molecule has 0 bridgehead atoms. The van der Waals surface area contributed by atoms with Crippen molar-refractivity contribution in [3.05, 3.63) is 36.2 Å². The quantitative estimate of drug-likeness (QED) is 0.552. The van der Waals surface area contributed by atoms with Crippen molar-refractivity contribution in [1.29, 1.82) is 0 Å². The zero-order valence-electron chi connectivity index (χ0n) is 20.8. The first kappa shape index (κ1) is 24.6. The molecule has 186 valence electrons. The Hall–Kier alpha value is -2.54. The summed E-state index contributed by atoms with van der Waals surface area (Å²) in [6.45, 7) is 7.33. The fourth-order valence-electron chi connectivity index (χ4n) is 5.25. The maximum Gasteiger partial charge on any atom is 0.271 e. The summed E-state index contributed by atoms with van der Waals surface area (Å²) in [6.07, 6.45) is 10.5. The number of aromatic nitrogens is 1. The minimum atomic E-state index is -0.995. The lowest BCUT2D eigenvalue weighted by atomic mass is 9.92. The van der Waals surface area contributed by atoms with Gasteiger partial charge in [0.15, 0.2) is 0 Å². The SMILES string of the molecule is CC(C)OCCCN1C(=O)c2ccc(-c3ccco3)n2CC1(C)C(=O)NC1CCCCCCC1. The van der Waals surface area contributed by atoms with Crippen LogP contribution in [0.25, 0.3) is 11.5 Å². The Labute approximate surface area is 202 Å². The van der Waals surface area contributed by atoms with Crippen LogP contribution in [0.4, 0.5) is 0 Å². The van der Waals surface area contributed by atoms with Crippen molar-refractivity contribution in [2.75, 3.05) is 13.2 Å². The second-order valence-electron chi connectivity index (χ2n) is 10.2. The molecule has 2 aromatic heterocycles. The number of nitrogens with zero attached hydrogens (tertiary/aromatic N) is 2. The molecule has 1 atom stereocenters. The van der Waals surface area contributed by atoms with Gasteiger partial charge in [-0.3, -0.25) is 9.59 Å². The summed E-state index contributed by atoms with van der Waals surface area (Å²) >= 11 is 0. The van der Waals surface area contributed by atoms with Gasteiger partial charge in [0.25, 0.3) is 5.91 Å². The maximum atomic E-state index is 13.8. The molecule has 1 saturated carbocycles. The van der Waals surface area contributed by atoms with Crippen LogP contribution in [0, 0.1) is 0 Å². The van der Waals surface area contributed by atoms with E-state index in [4.69, 9.17) is 9.15 Å². The molecule has 1 unspecified atom stereocenters. The van der Waals surface area contributed by atoms with Gasteiger partial charge in [-0.25, -0.2) is 0 Å². The Morgan fingerprint density at radius 3 is 2.53 bits per heavy atom. The highest BCUT2D eigenvalue weighted by molar-refractivity contribution is 6.00. The third-order valence-corrected chi connectivity index (χ3v) is 7.19. The number of hydrogen-bond donors (Lipinski definition) is 1. The largest absolute Gasteiger partial charge is 0.463 e. The highest BCUT2D eigenvalue weighted by atomic mass is 16.5. The van der Waals surface area contributed by atoms with E-state index in [9.17, 15) is 9.59 Å². The van der Waals surface area contributed by atoms with Crippen molar-refractivity contribution in [3.63, 3.8) is 0 Å². The Balaban J connectivity index is 1.60. The van der Waals surface area contributed by atoms with Gasteiger partial charge < -0.3 is 23.9 Å². The Morgan fingerprint density at radius 1 is 1.15 bits per heavy atom. The van der Waals surface area contributed by atoms with Gasteiger partial charge in [0.2, 0.25) is 5.91 Å². The van der Waals surface area contributed by atoms with Gasteiger partial charge in [-0.15, -0.1) is 0 Å². The molecule has 1 fully saturated rings. The zero-order valence-corrected chi connectivity index (χ0v) is 20.8. The van der Waals surface area contributed by atoms with Crippen LogP contribution in [-0.2, 0) is 16.1 Å². The molecule has 1 aliphatic carbocycles. The van der Waals surface area contributed by atoms with E-state index in [1.54, 1.807) is 11.2 Å². The van der Waals surface area contributed by atoms with Crippen molar-refractivity contribution in [1.82, 2.24) is 14.8 Å². The summed E-state index contributed by atoms with van der Waals surface area (Å²) in [6, 6.07) is 7.63. The molecule has 0 radical (unpaired) electrons. The van der Waals surface area contributed by atoms with E-state index in [-0.39, 0.29) is 24.0 Å². The van der Waals surface area contributed by atoms with Crippen LogP contribution in [0.3, 0.4) is 0 Å². The number of amides is 2. The van der Waals surface area contributed by atoms with Crippen LogP contribution < -0.4 is 5.32 Å². The number of rotatable bonds is 8. The number of carbonyl (C=O) groups excluding carboxylic acids is 2. The van der Waals surface area contributed by atoms with Crippen molar-refractivity contribution in [2.24, 2.45) is 0 Å². The predicted molar refractivity (Wildman–Crippen MR) is 132 cm³/mol. The number of fused-ring (bicyclic) bond motifs is 1. The molecule has 1 aliphatic heterocycles. The molecule has 0 aromatic carbocycles.